The van der Waals surface area contributed by atoms with E-state index in [4.69, 9.17) is 16.3 Å². The molecule has 0 bridgehead atoms. The predicted molar refractivity (Wildman–Crippen MR) is 99.2 cm³/mol. The van der Waals surface area contributed by atoms with E-state index in [0.717, 1.165) is 0 Å². The number of anilines is 1. The summed E-state index contributed by atoms with van der Waals surface area (Å²) >= 11 is 5.87. The summed E-state index contributed by atoms with van der Waals surface area (Å²) in [6.07, 6.45) is 0. The number of nitrogens with zero attached hydrogens (tertiary/aromatic N) is 3. The minimum atomic E-state index is -0.437. The normalized spacial score (nSPS) is 14.2. The number of ether oxygens (including phenoxy) is 1. The van der Waals surface area contributed by atoms with Gasteiger partial charge in [-0.05, 0) is 24.3 Å². The number of amides is 1. The number of rotatable bonds is 4. The summed E-state index contributed by atoms with van der Waals surface area (Å²) in [6, 6.07) is 11.7. The van der Waals surface area contributed by atoms with Crippen LogP contribution in [0.15, 0.2) is 42.5 Å². The molecule has 8 heteroatoms. The maximum atomic E-state index is 12.7. The predicted octanol–water partition coefficient (Wildman–Crippen LogP) is 3.22. The van der Waals surface area contributed by atoms with Crippen LogP contribution in [0.25, 0.3) is 0 Å². The lowest BCUT2D eigenvalue weighted by Gasteiger charge is -2.36. The lowest BCUT2D eigenvalue weighted by molar-refractivity contribution is -0.384. The molecule has 136 valence electrons. The average Bonchev–Trinajstić information content (AvgIpc) is 2.67. The average molecular weight is 376 g/mol. The Morgan fingerprint density at radius 1 is 1.15 bits per heavy atom. The maximum Gasteiger partial charge on any atom is 0.294 e. The molecule has 0 atom stereocenters. The van der Waals surface area contributed by atoms with Gasteiger partial charge in [-0.3, -0.25) is 14.9 Å². The Hall–Kier alpha value is -2.80. The van der Waals surface area contributed by atoms with Gasteiger partial charge in [-0.2, -0.15) is 0 Å². The van der Waals surface area contributed by atoms with Crippen LogP contribution >= 0.6 is 11.6 Å². The zero-order valence-corrected chi connectivity index (χ0v) is 15.0. The molecule has 2 aromatic carbocycles. The zero-order chi connectivity index (χ0) is 18.7. The van der Waals surface area contributed by atoms with Gasteiger partial charge in [0.25, 0.3) is 11.6 Å². The number of carbonyl (C=O) groups excluding carboxylic acids is 1. The molecule has 1 fully saturated rings. The summed E-state index contributed by atoms with van der Waals surface area (Å²) in [6.45, 7) is 1.94. The number of nitro groups is 1. The number of benzene rings is 2. The Morgan fingerprint density at radius 2 is 1.85 bits per heavy atom. The zero-order valence-electron chi connectivity index (χ0n) is 14.2. The summed E-state index contributed by atoms with van der Waals surface area (Å²) in [4.78, 5) is 27.2. The molecule has 0 N–H and O–H groups in total. The van der Waals surface area contributed by atoms with Crippen molar-refractivity contribution in [1.29, 1.82) is 0 Å². The molecule has 1 heterocycles. The van der Waals surface area contributed by atoms with Gasteiger partial charge in [0.2, 0.25) is 0 Å². The van der Waals surface area contributed by atoms with Gasteiger partial charge in [-0.1, -0.05) is 23.7 Å². The Labute approximate surface area is 155 Å². The van der Waals surface area contributed by atoms with E-state index in [0.29, 0.717) is 48.2 Å². The molecular weight excluding hydrogens is 358 g/mol. The SMILES string of the molecule is COc1ccccc1C(=O)N1CCN(c2ccc(Cl)cc2[N+](=O)[O-])CC1. The third kappa shape index (κ3) is 3.57. The van der Waals surface area contributed by atoms with Crippen LogP contribution in [0.2, 0.25) is 5.02 Å². The van der Waals surface area contributed by atoms with Crippen LogP contribution in [0.4, 0.5) is 11.4 Å². The van der Waals surface area contributed by atoms with Crippen molar-refractivity contribution in [2.24, 2.45) is 0 Å². The Morgan fingerprint density at radius 3 is 2.50 bits per heavy atom. The number of piperazine rings is 1. The first kappa shape index (κ1) is 18.0. The molecule has 1 aliphatic rings. The monoisotopic (exact) mass is 375 g/mol. The first-order valence-corrected chi connectivity index (χ1v) is 8.50. The van der Waals surface area contributed by atoms with Gasteiger partial charge in [0.1, 0.15) is 11.4 Å². The van der Waals surface area contributed by atoms with Gasteiger partial charge in [-0.25, -0.2) is 0 Å². The van der Waals surface area contributed by atoms with Crippen LogP contribution in [0.5, 0.6) is 5.75 Å². The minimum absolute atomic E-state index is 0.0259. The maximum absolute atomic E-state index is 12.7. The third-order valence-electron chi connectivity index (χ3n) is 4.38. The fourth-order valence-corrected chi connectivity index (χ4v) is 3.22. The molecule has 1 saturated heterocycles. The van der Waals surface area contributed by atoms with Crippen molar-refractivity contribution in [3.8, 4) is 5.75 Å². The summed E-state index contributed by atoms with van der Waals surface area (Å²) in [7, 11) is 1.53. The van der Waals surface area contributed by atoms with Crippen LogP contribution < -0.4 is 9.64 Å². The Kier molecular flexibility index (Phi) is 5.27. The molecule has 26 heavy (non-hydrogen) atoms. The standard InChI is InChI=1S/C18H18ClN3O4/c1-26-17-5-3-2-4-14(17)18(23)21-10-8-20(9-11-21)15-7-6-13(19)12-16(15)22(24)25/h2-7,12H,8-11H2,1H3. The van der Waals surface area contributed by atoms with Crippen molar-refractivity contribution < 1.29 is 14.5 Å². The van der Waals surface area contributed by atoms with Crippen molar-refractivity contribution in [3.05, 3.63) is 63.2 Å². The summed E-state index contributed by atoms with van der Waals surface area (Å²) < 4.78 is 5.26. The largest absolute Gasteiger partial charge is 0.496 e. The minimum Gasteiger partial charge on any atom is -0.496 e. The van der Waals surface area contributed by atoms with E-state index in [1.807, 2.05) is 11.0 Å². The quantitative estimate of drug-likeness (QED) is 0.605. The number of para-hydroxylation sites is 1. The van der Waals surface area contributed by atoms with E-state index in [1.54, 1.807) is 35.2 Å². The van der Waals surface area contributed by atoms with Gasteiger partial charge in [0, 0.05) is 37.3 Å². The molecule has 0 spiro atoms. The van der Waals surface area contributed by atoms with Crippen molar-refractivity contribution in [2.45, 2.75) is 0 Å². The Balaban J connectivity index is 1.74. The van der Waals surface area contributed by atoms with Crippen molar-refractivity contribution in [3.63, 3.8) is 0 Å². The molecule has 1 amide bonds. The number of hydrogen-bond donors (Lipinski definition) is 0. The van der Waals surface area contributed by atoms with E-state index in [9.17, 15) is 14.9 Å². The number of carbonyl (C=O) groups is 1. The number of methoxy groups -OCH3 is 1. The molecule has 0 saturated carbocycles. The molecule has 0 radical (unpaired) electrons. The molecule has 1 aliphatic heterocycles. The molecule has 0 unspecified atom stereocenters. The fraction of sp³-hybridized carbons (Fsp3) is 0.278. The van der Waals surface area contributed by atoms with Gasteiger partial charge in [0.05, 0.1) is 17.6 Å². The second kappa shape index (κ2) is 7.61. The highest BCUT2D eigenvalue weighted by atomic mass is 35.5. The van der Waals surface area contributed by atoms with Crippen LogP contribution in [0.3, 0.4) is 0 Å². The van der Waals surface area contributed by atoms with Crippen LogP contribution in [0, 0.1) is 10.1 Å². The third-order valence-corrected chi connectivity index (χ3v) is 4.61. The lowest BCUT2D eigenvalue weighted by Crippen LogP contribution is -2.49. The molecule has 0 aromatic heterocycles. The van der Waals surface area contributed by atoms with Crippen molar-refractivity contribution in [1.82, 2.24) is 4.90 Å². The van der Waals surface area contributed by atoms with E-state index in [2.05, 4.69) is 0 Å². The first-order chi connectivity index (χ1) is 12.5. The van der Waals surface area contributed by atoms with Gasteiger partial charge >= 0.3 is 0 Å². The van der Waals surface area contributed by atoms with Crippen LogP contribution in [-0.2, 0) is 0 Å². The van der Waals surface area contributed by atoms with Crippen LogP contribution in [-0.4, -0.2) is 49.0 Å². The number of hydrogen-bond acceptors (Lipinski definition) is 5. The second-order valence-electron chi connectivity index (χ2n) is 5.87. The highest BCUT2D eigenvalue weighted by Crippen LogP contribution is 2.32. The highest BCUT2D eigenvalue weighted by molar-refractivity contribution is 6.30. The first-order valence-electron chi connectivity index (χ1n) is 8.12. The summed E-state index contributed by atoms with van der Waals surface area (Å²) in [5, 5.41) is 11.6. The van der Waals surface area contributed by atoms with Crippen molar-refractivity contribution in [2.75, 3.05) is 38.2 Å². The molecule has 3 rings (SSSR count). The van der Waals surface area contributed by atoms with Crippen molar-refractivity contribution >= 4 is 28.9 Å². The van der Waals surface area contributed by atoms with Gasteiger partial charge in [0.15, 0.2) is 0 Å². The van der Waals surface area contributed by atoms with E-state index in [-0.39, 0.29) is 11.6 Å². The lowest BCUT2D eigenvalue weighted by atomic mass is 10.1. The molecule has 2 aromatic rings. The molecule has 0 aliphatic carbocycles. The number of halogens is 1. The van der Waals surface area contributed by atoms with E-state index < -0.39 is 4.92 Å². The molecule has 7 nitrogen and oxygen atoms in total. The van der Waals surface area contributed by atoms with E-state index in [1.165, 1.54) is 13.2 Å². The smallest absolute Gasteiger partial charge is 0.294 e. The number of nitro benzene ring substituents is 1. The van der Waals surface area contributed by atoms with Gasteiger partial charge in [-0.15, -0.1) is 0 Å². The van der Waals surface area contributed by atoms with Crippen LogP contribution in [0.1, 0.15) is 10.4 Å². The summed E-state index contributed by atoms with van der Waals surface area (Å²) in [5.41, 5.74) is 1.01. The van der Waals surface area contributed by atoms with E-state index >= 15 is 0 Å². The molecular formula is C18H18ClN3O4. The second-order valence-corrected chi connectivity index (χ2v) is 6.31. The topological polar surface area (TPSA) is 75.9 Å². The van der Waals surface area contributed by atoms with Gasteiger partial charge < -0.3 is 14.5 Å². The highest BCUT2D eigenvalue weighted by Gasteiger charge is 2.27. The Bertz CT molecular complexity index is 835. The summed E-state index contributed by atoms with van der Waals surface area (Å²) in [5.74, 6) is 0.431. The fourth-order valence-electron chi connectivity index (χ4n) is 3.05.